The van der Waals surface area contributed by atoms with E-state index < -0.39 is 0 Å². The fraction of sp³-hybridized carbons (Fsp3) is 0.548. The molecule has 42 heavy (non-hydrogen) atoms. The first-order valence-electron chi connectivity index (χ1n) is 14.5. The van der Waals surface area contributed by atoms with E-state index in [1.165, 1.54) is 0 Å². The highest BCUT2D eigenvalue weighted by Crippen LogP contribution is 2.30. The molecule has 0 bridgehead atoms. The first kappa shape index (κ1) is 32.5. The molecule has 0 unspecified atom stereocenters. The largest absolute Gasteiger partial charge is 0.488 e. The molecule has 0 aromatic heterocycles. The second kappa shape index (κ2) is 15.4. The van der Waals surface area contributed by atoms with Crippen LogP contribution in [0.1, 0.15) is 31.4 Å². The van der Waals surface area contributed by atoms with Gasteiger partial charge in [-0.3, -0.25) is 19.4 Å². The lowest BCUT2D eigenvalue weighted by molar-refractivity contribution is -0.134. The number of benzene rings is 2. The lowest BCUT2D eigenvalue weighted by atomic mass is 10.0. The maximum atomic E-state index is 13.5. The highest BCUT2D eigenvalue weighted by molar-refractivity contribution is 6.42. The predicted molar refractivity (Wildman–Crippen MR) is 165 cm³/mol. The van der Waals surface area contributed by atoms with E-state index >= 15 is 0 Å². The zero-order valence-corrected chi connectivity index (χ0v) is 26.2. The van der Waals surface area contributed by atoms with Crippen molar-refractivity contribution in [2.75, 3.05) is 64.9 Å². The molecule has 0 radical (unpaired) electrons. The summed E-state index contributed by atoms with van der Waals surface area (Å²) in [6.07, 6.45) is 0.235. The Hall–Kier alpha value is -2.40. The number of hydrogen-bond acceptors (Lipinski definition) is 7. The van der Waals surface area contributed by atoms with Crippen molar-refractivity contribution in [3.8, 4) is 5.75 Å². The monoisotopic (exact) mass is 620 g/mol. The van der Waals surface area contributed by atoms with E-state index in [-0.39, 0.29) is 42.9 Å². The number of nitrogens with one attached hydrogen (secondary N) is 1. The molecule has 1 fully saturated rings. The number of amides is 2. The number of ether oxygens (including phenoxy) is 2. The first-order chi connectivity index (χ1) is 20.1. The number of halogens is 2. The number of hydrogen-bond donors (Lipinski definition) is 2. The molecule has 3 atom stereocenters. The van der Waals surface area contributed by atoms with Crippen LogP contribution in [-0.4, -0.2) is 103 Å². The minimum atomic E-state index is -0.334. The van der Waals surface area contributed by atoms with Gasteiger partial charge in [-0.2, -0.15) is 0 Å². The number of nitrogens with zero attached hydrogens (tertiary/aromatic N) is 3. The third-order valence-electron chi connectivity index (χ3n) is 7.89. The lowest BCUT2D eigenvalue weighted by Crippen LogP contribution is -2.47. The molecule has 9 nitrogen and oxygen atoms in total. The van der Waals surface area contributed by atoms with E-state index in [0.717, 1.165) is 18.7 Å². The molecule has 2 heterocycles. The molecule has 0 spiro atoms. The molecule has 0 aliphatic carbocycles. The van der Waals surface area contributed by atoms with Crippen LogP contribution >= 0.6 is 23.2 Å². The van der Waals surface area contributed by atoms with Crippen molar-refractivity contribution in [3.63, 3.8) is 0 Å². The average molecular weight is 622 g/mol. The number of fused-ring (bicyclic) bond motifs is 1. The Kier molecular flexibility index (Phi) is 11.9. The molecule has 2 aliphatic heterocycles. The van der Waals surface area contributed by atoms with Crippen molar-refractivity contribution in [3.05, 3.63) is 57.6 Å². The van der Waals surface area contributed by atoms with Gasteiger partial charge in [0.2, 0.25) is 11.8 Å². The van der Waals surface area contributed by atoms with Gasteiger partial charge in [-0.1, -0.05) is 36.2 Å². The smallest absolute Gasteiger partial charge is 0.227 e. The number of carbonyl (C=O) groups excluding carboxylic acids is 2. The number of aliphatic hydroxyl groups excluding tert-OH is 1. The van der Waals surface area contributed by atoms with Crippen LogP contribution < -0.4 is 10.1 Å². The van der Waals surface area contributed by atoms with Crippen molar-refractivity contribution in [2.24, 2.45) is 5.92 Å². The number of morpholine rings is 1. The van der Waals surface area contributed by atoms with Gasteiger partial charge in [-0.05, 0) is 49.9 Å². The van der Waals surface area contributed by atoms with Gasteiger partial charge in [0, 0.05) is 62.9 Å². The van der Waals surface area contributed by atoms with Crippen LogP contribution in [0.5, 0.6) is 5.75 Å². The van der Waals surface area contributed by atoms with Gasteiger partial charge >= 0.3 is 0 Å². The van der Waals surface area contributed by atoms with Crippen molar-refractivity contribution >= 4 is 40.7 Å². The summed E-state index contributed by atoms with van der Waals surface area (Å²) < 4.78 is 12.0. The molecule has 230 valence electrons. The minimum Gasteiger partial charge on any atom is -0.488 e. The second-order valence-electron chi connectivity index (χ2n) is 11.4. The Labute approximate surface area is 258 Å². The summed E-state index contributed by atoms with van der Waals surface area (Å²) >= 11 is 12.3. The fourth-order valence-electron chi connectivity index (χ4n) is 5.35. The molecular weight excluding hydrogens is 579 g/mol. The van der Waals surface area contributed by atoms with E-state index in [1.54, 1.807) is 11.0 Å². The van der Waals surface area contributed by atoms with Crippen molar-refractivity contribution in [1.29, 1.82) is 0 Å². The van der Waals surface area contributed by atoms with Gasteiger partial charge in [-0.15, -0.1) is 0 Å². The van der Waals surface area contributed by atoms with Crippen molar-refractivity contribution < 1.29 is 24.2 Å². The highest BCUT2D eigenvalue weighted by atomic mass is 35.5. The van der Waals surface area contributed by atoms with Crippen molar-refractivity contribution in [2.45, 2.75) is 45.4 Å². The molecule has 2 aromatic carbocycles. The van der Waals surface area contributed by atoms with E-state index in [0.29, 0.717) is 72.9 Å². The molecule has 0 saturated carbocycles. The molecule has 2 amide bonds. The molecule has 2 aliphatic rings. The van der Waals surface area contributed by atoms with Crippen molar-refractivity contribution in [1.82, 2.24) is 14.7 Å². The van der Waals surface area contributed by atoms with E-state index in [1.807, 2.05) is 44.3 Å². The number of anilines is 1. The number of rotatable bonds is 10. The Balaban J connectivity index is 1.50. The normalized spacial score (nSPS) is 20.7. The molecule has 2 N–H and O–H groups in total. The van der Waals surface area contributed by atoms with Crippen LogP contribution in [0.25, 0.3) is 0 Å². The van der Waals surface area contributed by atoms with Crippen LogP contribution in [0.4, 0.5) is 5.69 Å². The summed E-state index contributed by atoms with van der Waals surface area (Å²) in [5, 5.41) is 13.9. The summed E-state index contributed by atoms with van der Waals surface area (Å²) in [6.45, 7) is 9.18. The third kappa shape index (κ3) is 9.05. The van der Waals surface area contributed by atoms with Crippen LogP contribution in [0.2, 0.25) is 10.0 Å². The molecule has 11 heteroatoms. The Bertz CT molecular complexity index is 1230. The molecule has 1 saturated heterocycles. The maximum absolute atomic E-state index is 13.5. The summed E-state index contributed by atoms with van der Waals surface area (Å²) in [5.41, 5.74) is 2.36. The Morgan fingerprint density at radius 2 is 1.93 bits per heavy atom. The van der Waals surface area contributed by atoms with Crippen LogP contribution in [0, 0.1) is 5.92 Å². The Morgan fingerprint density at radius 1 is 1.17 bits per heavy atom. The Morgan fingerprint density at radius 3 is 2.64 bits per heavy atom. The van der Waals surface area contributed by atoms with Gasteiger partial charge in [-0.25, -0.2) is 0 Å². The van der Waals surface area contributed by atoms with Gasteiger partial charge < -0.3 is 24.8 Å². The van der Waals surface area contributed by atoms with E-state index in [9.17, 15) is 14.7 Å². The van der Waals surface area contributed by atoms with Gasteiger partial charge in [0.15, 0.2) is 0 Å². The quantitative estimate of drug-likeness (QED) is 0.415. The maximum Gasteiger partial charge on any atom is 0.227 e. The van der Waals surface area contributed by atoms with Gasteiger partial charge in [0.1, 0.15) is 11.9 Å². The van der Waals surface area contributed by atoms with E-state index in [4.69, 9.17) is 32.7 Å². The minimum absolute atomic E-state index is 0.0234. The summed E-state index contributed by atoms with van der Waals surface area (Å²) in [6, 6.07) is 10.8. The standard InChI is InChI=1S/C31H42Cl2N4O5/c1-21-17-37(22(2)20-38)31(40)16-24-15-25(34-30(39)8-9-36-10-12-41-13-11-36)5-7-28(24)42-29(21)19-35(3)18-23-4-6-26(32)27(33)14-23/h4-7,14-15,21-22,29,38H,8-13,16-20H2,1-3H3,(H,34,39)/t21-,22+,29-/m1/s1. The zero-order chi connectivity index (χ0) is 30.2. The highest BCUT2D eigenvalue weighted by Gasteiger charge is 2.31. The van der Waals surface area contributed by atoms with Crippen LogP contribution in [-0.2, 0) is 27.3 Å². The average Bonchev–Trinajstić information content (AvgIpc) is 3.01. The summed E-state index contributed by atoms with van der Waals surface area (Å²) in [5.74, 6) is 0.425. The molecular formula is C31H42Cl2N4O5. The number of likely N-dealkylation sites (N-methyl/N-ethyl adjacent to an activating group) is 1. The number of aliphatic hydroxyl groups is 1. The predicted octanol–water partition coefficient (Wildman–Crippen LogP) is 3.94. The lowest BCUT2D eigenvalue weighted by Gasteiger charge is -2.34. The second-order valence-corrected chi connectivity index (χ2v) is 12.2. The summed E-state index contributed by atoms with van der Waals surface area (Å²) in [7, 11) is 2.01. The zero-order valence-electron chi connectivity index (χ0n) is 24.7. The molecule has 2 aromatic rings. The first-order valence-corrected chi connectivity index (χ1v) is 15.3. The fourth-order valence-corrected chi connectivity index (χ4v) is 5.68. The third-order valence-corrected chi connectivity index (χ3v) is 8.63. The molecule has 4 rings (SSSR count). The van der Waals surface area contributed by atoms with Crippen LogP contribution in [0.15, 0.2) is 36.4 Å². The van der Waals surface area contributed by atoms with Crippen LogP contribution in [0.3, 0.4) is 0 Å². The van der Waals surface area contributed by atoms with E-state index in [2.05, 4.69) is 22.0 Å². The SMILES string of the molecule is C[C@@H]1CN([C@@H](C)CO)C(=O)Cc2cc(NC(=O)CCN3CCOCC3)ccc2O[C@@H]1CN(C)Cc1ccc(Cl)c(Cl)c1. The number of carbonyl (C=O) groups is 2. The van der Waals surface area contributed by atoms with Gasteiger partial charge in [0.05, 0.1) is 42.3 Å². The van der Waals surface area contributed by atoms with Gasteiger partial charge in [0.25, 0.3) is 0 Å². The summed E-state index contributed by atoms with van der Waals surface area (Å²) in [4.78, 5) is 32.3. The topological polar surface area (TPSA) is 94.6 Å².